The highest BCUT2D eigenvalue weighted by atomic mass is 16.3. The van der Waals surface area contributed by atoms with Crippen LogP contribution in [0.2, 0.25) is 0 Å². The van der Waals surface area contributed by atoms with E-state index in [2.05, 4.69) is 6.92 Å². The zero-order chi connectivity index (χ0) is 11.0. The maximum atomic E-state index is 9.75. The van der Waals surface area contributed by atoms with Gasteiger partial charge in [0.05, 0.1) is 5.60 Å². The number of hydrogen-bond donors (Lipinski definition) is 2. The first-order valence-electron chi connectivity index (χ1n) is 5.89. The zero-order valence-corrected chi connectivity index (χ0v) is 9.92. The molecule has 14 heavy (non-hydrogen) atoms. The van der Waals surface area contributed by atoms with Crippen molar-refractivity contribution in [1.29, 1.82) is 0 Å². The smallest absolute Gasteiger partial charge is 0.0617 e. The molecule has 0 rings (SSSR count). The fraction of sp³-hybridized carbons (Fsp3) is 1.00. The number of unbranched alkanes of at least 4 members (excludes halogenated alkanes) is 1. The second-order valence-electron chi connectivity index (χ2n) is 4.55. The summed E-state index contributed by atoms with van der Waals surface area (Å²) >= 11 is 0. The fourth-order valence-electron chi connectivity index (χ4n) is 1.54. The number of aliphatic hydroxyl groups is 2. The summed E-state index contributed by atoms with van der Waals surface area (Å²) in [7, 11) is 0. The maximum Gasteiger partial charge on any atom is 0.0617 e. The van der Waals surface area contributed by atoms with E-state index in [-0.39, 0.29) is 0 Å². The molecule has 0 aliphatic carbocycles. The van der Waals surface area contributed by atoms with E-state index in [4.69, 9.17) is 5.11 Å². The van der Waals surface area contributed by atoms with E-state index in [0.29, 0.717) is 12.5 Å². The summed E-state index contributed by atoms with van der Waals surface area (Å²) in [6, 6.07) is 0. The van der Waals surface area contributed by atoms with E-state index in [9.17, 15) is 5.11 Å². The average molecular weight is 202 g/mol. The standard InChI is InChI=1S/C12H26O2/c1-4-11(10-13)8-6-7-9-12(3,14)5-2/h11,13-14H,4-10H2,1-3H3. The lowest BCUT2D eigenvalue weighted by Gasteiger charge is -2.21. The van der Waals surface area contributed by atoms with E-state index in [1.54, 1.807) is 0 Å². The molecule has 0 saturated carbocycles. The average Bonchev–Trinajstić information content (AvgIpc) is 2.18. The summed E-state index contributed by atoms with van der Waals surface area (Å²) in [5.74, 6) is 0.460. The van der Waals surface area contributed by atoms with E-state index in [1.807, 2.05) is 13.8 Å². The van der Waals surface area contributed by atoms with Crippen LogP contribution in [0.4, 0.5) is 0 Å². The Hall–Kier alpha value is -0.0800. The van der Waals surface area contributed by atoms with Crippen molar-refractivity contribution in [3.8, 4) is 0 Å². The van der Waals surface area contributed by atoms with Gasteiger partial charge in [-0.05, 0) is 32.1 Å². The summed E-state index contributed by atoms with van der Waals surface area (Å²) < 4.78 is 0. The van der Waals surface area contributed by atoms with Gasteiger partial charge in [-0.25, -0.2) is 0 Å². The Morgan fingerprint density at radius 1 is 1.21 bits per heavy atom. The topological polar surface area (TPSA) is 40.5 Å². The first kappa shape index (κ1) is 13.9. The third-order valence-corrected chi connectivity index (χ3v) is 3.17. The van der Waals surface area contributed by atoms with Crippen LogP contribution in [-0.2, 0) is 0 Å². The lowest BCUT2D eigenvalue weighted by molar-refractivity contribution is 0.0437. The molecule has 0 spiro atoms. The van der Waals surface area contributed by atoms with Gasteiger partial charge < -0.3 is 10.2 Å². The summed E-state index contributed by atoms with van der Waals surface area (Å²) in [5.41, 5.74) is -0.485. The maximum absolute atomic E-state index is 9.75. The van der Waals surface area contributed by atoms with Gasteiger partial charge in [-0.3, -0.25) is 0 Å². The molecule has 0 radical (unpaired) electrons. The monoisotopic (exact) mass is 202 g/mol. The van der Waals surface area contributed by atoms with Crippen molar-refractivity contribution >= 4 is 0 Å². The van der Waals surface area contributed by atoms with Crippen LogP contribution in [0.25, 0.3) is 0 Å². The van der Waals surface area contributed by atoms with Crippen LogP contribution >= 0.6 is 0 Å². The molecule has 86 valence electrons. The molecule has 2 heteroatoms. The first-order valence-corrected chi connectivity index (χ1v) is 5.89. The molecule has 0 aliphatic rings. The van der Waals surface area contributed by atoms with E-state index in [0.717, 1.165) is 38.5 Å². The van der Waals surface area contributed by atoms with Crippen LogP contribution in [-0.4, -0.2) is 22.4 Å². The Bertz CT molecular complexity index is 128. The lowest BCUT2D eigenvalue weighted by Crippen LogP contribution is -2.22. The van der Waals surface area contributed by atoms with E-state index < -0.39 is 5.60 Å². The molecule has 0 amide bonds. The Kier molecular flexibility index (Phi) is 7.20. The normalized spacial score (nSPS) is 17.8. The number of rotatable bonds is 8. The predicted molar refractivity (Wildman–Crippen MR) is 60.2 cm³/mol. The van der Waals surface area contributed by atoms with Crippen LogP contribution in [0.5, 0.6) is 0 Å². The SMILES string of the molecule is CCC(CO)CCCCC(C)(O)CC. The van der Waals surface area contributed by atoms with Gasteiger partial charge >= 0.3 is 0 Å². The van der Waals surface area contributed by atoms with Crippen molar-refractivity contribution in [3.05, 3.63) is 0 Å². The molecule has 0 aromatic heterocycles. The van der Waals surface area contributed by atoms with Crippen molar-refractivity contribution in [2.45, 2.75) is 64.9 Å². The number of hydrogen-bond acceptors (Lipinski definition) is 2. The molecular weight excluding hydrogens is 176 g/mol. The van der Waals surface area contributed by atoms with Crippen molar-refractivity contribution in [2.75, 3.05) is 6.61 Å². The second kappa shape index (κ2) is 7.24. The second-order valence-corrected chi connectivity index (χ2v) is 4.55. The highest BCUT2D eigenvalue weighted by molar-refractivity contribution is 4.70. The largest absolute Gasteiger partial charge is 0.396 e. The van der Waals surface area contributed by atoms with Crippen LogP contribution in [0.1, 0.15) is 59.3 Å². The third kappa shape index (κ3) is 6.39. The molecule has 0 aliphatic heterocycles. The molecule has 0 aromatic rings. The summed E-state index contributed by atoms with van der Waals surface area (Å²) in [5, 5.41) is 18.7. The summed E-state index contributed by atoms with van der Waals surface area (Å²) in [6.07, 6.45) is 6.04. The molecule has 0 aromatic carbocycles. The minimum atomic E-state index is -0.485. The van der Waals surface area contributed by atoms with Crippen LogP contribution in [0.15, 0.2) is 0 Å². The first-order chi connectivity index (χ1) is 6.55. The summed E-state index contributed by atoms with van der Waals surface area (Å²) in [6.45, 7) is 6.34. The molecule has 0 heterocycles. The van der Waals surface area contributed by atoms with Gasteiger partial charge in [0.15, 0.2) is 0 Å². The fourth-order valence-corrected chi connectivity index (χ4v) is 1.54. The van der Waals surface area contributed by atoms with Gasteiger partial charge in [0.1, 0.15) is 0 Å². The van der Waals surface area contributed by atoms with Gasteiger partial charge in [-0.1, -0.05) is 33.1 Å². The quantitative estimate of drug-likeness (QED) is 0.594. The van der Waals surface area contributed by atoms with Crippen LogP contribution in [0.3, 0.4) is 0 Å². The number of aliphatic hydroxyl groups excluding tert-OH is 1. The zero-order valence-electron chi connectivity index (χ0n) is 9.92. The van der Waals surface area contributed by atoms with Gasteiger partial charge in [-0.15, -0.1) is 0 Å². The van der Waals surface area contributed by atoms with Gasteiger partial charge in [0, 0.05) is 6.61 Å². The molecule has 2 N–H and O–H groups in total. The molecule has 2 unspecified atom stereocenters. The van der Waals surface area contributed by atoms with Crippen LogP contribution in [0, 0.1) is 5.92 Å². The Balaban J connectivity index is 3.45. The highest BCUT2D eigenvalue weighted by Gasteiger charge is 2.16. The highest BCUT2D eigenvalue weighted by Crippen LogP contribution is 2.19. The Morgan fingerprint density at radius 2 is 1.86 bits per heavy atom. The van der Waals surface area contributed by atoms with Crippen molar-refractivity contribution in [3.63, 3.8) is 0 Å². The summed E-state index contributed by atoms with van der Waals surface area (Å²) in [4.78, 5) is 0. The molecule has 0 fully saturated rings. The van der Waals surface area contributed by atoms with Crippen molar-refractivity contribution in [2.24, 2.45) is 5.92 Å². The van der Waals surface area contributed by atoms with Gasteiger partial charge in [0.25, 0.3) is 0 Å². The van der Waals surface area contributed by atoms with E-state index in [1.165, 1.54) is 0 Å². The Labute approximate surface area is 88.3 Å². The molecule has 2 atom stereocenters. The molecule has 2 nitrogen and oxygen atoms in total. The van der Waals surface area contributed by atoms with Crippen molar-refractivity contribution in [1.82, 2.24) is 0 Å². The van der Waals surface area contributed by atoms with Gasteiger partial charge in [0.2, 0.25) is 0 Å². The Morgan fingerprint density at radius 3 is 2.29 bits per heavy atom. The molecular formula is C12H26O2. The predicted octanol–water partition coefficient (Wildman–Crippen LogP) is 2.73. The minimum absolute atomic E-state index is 0.306. The molecule has 0 saturated heterocycles. The minimum Gasteiger partial charge on any atom is -0.396 e. The van der Waals surface area contributed by atoms with Gasteiger partial charge in [-0.2, -0.15) is 0 Å². The lowest BCUT2D eigenvalue weighted by atomic mass is 9.93. The van der Waals surface area contributed by atoms with Crippen LogP contribution < -0.4 is 0 Å². The van der Waals surface area contributed by atoms with Crippen molar-refractivity contribution < 1.29 is 10.2 Å². The third-order valence-electron chi connectivity index (χ3n) is 3.17. The van der Waals surface area contributed by atoms with E-state index >= 15 is 0 Å². The molecule has 0 bridgehead atoms.